The van der Waals surface area contributed by atoms with E-state index in [0.717, 1.165) is 12.1 Å². The molecule has 1 aliphatic carbocycles. The largest absolute Gasteiger partial charge is 0.868 e. The normalized spacial score (nSPS) is 20.8. The molecule has 8 nitrogen and oxygen atoms in total. The molecule has 0 saturated heterocycles. The number of hydrogen-bond donors (Lipinski definition) is 1. The van der Waals surface area contributed by atoms with Crippen molar-refractivity contribution in [2.75, 3.05) is 6.61 Å². The van der Waals surface area contributed by atoms with Crippen molar-refractivity contribution in [2.45, 2.75) is 46.5 Å². The Balaban J connectivity index is 2.23. The zero-order valence-electron chi connectivity index (χ0n) is 16.8. The lowest BCUT2D eigenvalue weighted by Crippen LogP contribution is -2.38. The molecule has 1 heterocycles. The SMILES string of the molecule is CCOC(=O)C1=C(C)NC2=C(C(=O)CC(C)(C)C2)C1c1ccc([O-])c([N+](=O)[O-])c1. The van der Waals surface area contributed by atoms with E-state index in [4.69, 9.17) is 4.74 Å². The lowest BCUT2D eigenvalue weighted by molar-refractivity contribution is -0.398. The first-order valence-corrected chi connectivity index (χ1v) is 9.42. The average molecular weight is 399 g/mol. The number of nitrogens with one attached hydrogen (secondary N) is 1. The molecular formula is C21H23N2O6-. The van der Waals surface area contributed by atoms with Gasteiger partial charge in [-0.3, -0.25) is 14.9 Å². The molecule has 0 radical (unpaired) electrons. The van der Waals surface area contributed by atoms with Gasteiger partial charge in [-0.1, -0.05) is 26.0 Å². The second-order valence-electron chi connectivity index (χ2n) is 8.13. The Morgan fingerprint density at radius 2 is 2.03 bits per heavy atom. The smallest absolute Gasteiger partial charge is 0.336 e. The van der Waals surface area contributed by atoms with Crippen molar-refractivity contribution in [3.63, 3.8) is 0 Å². The number of nitro benzene ring substituents is 1. The van der Waals surface area contributed by atoms with Gasteiger partial charge in [0.05, 0.1) is 17.1 Å². The second-order valence-corrected chi connectivity index (χ2v) is 8.13. The molecular weight excluding hydrogens is 376 g/mol. The Morgan fingerprint density at radius 3 is 2.66 bits per heavy atom. The number of carbonyl (C=O) groups excluding carboxylic acids is 2. The number of carbonyl (C=O) groups is 2. The number of allylic oxidation sites excluding steroid dienone is 3. The van der Waals surface area contributed by atoms with Gasteiger partial charge < -0.3 is 15.2 Å². The van der Waals surface area contributed by atoms with Gasteiger partial charge in [-0.2, -0.15) is 0 Å². The van der Waals surface area contributed by atoms with Crippen LogP contribution in [0.5, 0.6) is 5.75 Å². The highest BCUT2D eigenvalue weighted by molar-refractivity contribution is 6.04. The number of hydrogen-bond acceptors (Lipinski definition) is 7. The van der Waals surface area contributed by atoms with Gasteiger partial charge in [0.1, 0.15) is 0 Å². The van der Waals surface area contributed by atoms with Gasteiger partial charge in [0.2, 0.25) is 0 Å². The van der Waals surface area contributed by atoms with E-state index < -0.39 is 28.2 Å². The summed E-state index contributed by atoms with van der Waals surface area (Å²) in [5.74, 6) is -2.28. The molecule has 29 heavy (non-hydrogen) atoms. The van der Waals surface area contributed by atoms with Gasteiger partial charge in [0.15, 0.2) is 5.78 Å². The highest BCUT2D eigenvalue weighted by atomic mass is 16.6. The zero-order chi connectivity index (χ0) is 21.5. The van der Waals surface area contributed by atoms with Crippen molar-refractivity contribution in [1.82, 2.24) is 5.32 Å². The fourth-order valence-corrected chi connectivity index (χ4v) is 4.11. The minimum absolute atomic E-state index is 0.128. The van der Waals surface area contributed by atoms with Crippen molar-refractivity contribution in [3.05, 3.63) is 56.4 Å². The maximum Gasteiger partial charge on any atom is 0.336 e. The van der Waals surface area contributed by atoms with Gasteiger partial charge in [-0.15, -0.1) is 0 Å². The fourth-order valence-electron chi connectivity index (χ4n) is 4.11. The number of Topliss-reactive ketones (excluding diaryl/α,β-unsaturated/α-hetero) is 1. The summed E-state index contributed by atoms with van der Waals surface area (Å²) in [6, 6.07) is 3.70. The Bertz CT molecular complexity index is 973. The van der Waals surface area contributed by atoms with Crippen molar-refractivity contribution in [1.29, 1.82) is 0 Å². The Morgan fingerprint density at radius 1 is 1.34 bits per heavy atom. The molecule has 0 fully saturated rings. The number of benzene rings is 1. The van der Waals surface area contributed by atoms with Crippen LogP contribution in [0.1, 0.15) is 52.0 Å². The number of ketones is 1. The number of nitrogens with zero attached hydrogens (tertiary/aromatic N) is 1. The molecule has 1 aromatic rings. The number of esters is 1. The van der Waals surface area contributed by atoms with Crippen LogP contribution in [0.25, 0.3) is 0 Å². The fraction of sp³-hybridized carbons (Fsp3) is 0.429. The Kier molecular flexibility index (Phi) is 5.21. The molecule has 154 valence electrons. The first-order chi connectivity index (χ1) is 13.6. The highest BCUT2D eigenvalue weighted by Gasteiger charge is 2.43. The lowest BCUT2D eigenvalue weighted by atomic mass is 9.68. The van der Waals surface area contributed by atoms with E-state index in [-0.39, 0.29) is 23.4 Å². The number of ether oxygens (including phenoxy) is 1. The van der Waals surface area contributed by atoms with E-state index in [0.29, 0.717) is 35.4 Å². The molecule has 0 saturated carbocycles. The standard InChI is InChI=1S/C21H24N2O6/c1-5-29-20(26)17-11(2)22-13-9-21(3,4)10-16(25)19(13)18(17)12-6-7-15(24)14(8-12)23(27)28/h6-8,18,22,24H,5,9-10H2,1-4H3/p-1. The summed E-state index contributed by atoms with van der Waals surface area (Å²) in [4.78, 5) is 36.3. The first kappa shape index (κ1) is 20.6. The summed E-state index contributed by atoms with van der Waals surface area (Å²) in [5.41, 5.74) is 1.38. The van der Waals surface area contributed by atoms with Crippen LogP contribution in [0.15, 0.2) is 40.7 Å². The van der Waals surface area contributed by atoms with E-state index in [9.17, 15) is 24.8 Å². The molecule has 0 amide bonds. The topological polar surface area (TPSA) is 122 Å². The summed E-state index contributed by atoms with van der Waals surface area (Å²) in [6.07, 6.45) is 0.890. The number of dihydropyridines is 1. The molecule has 1 aliphatic heterocycles. The van der Waals surface area contributed by atoms with Gasteiger partial charge in [-0.25, -0.2) is 4.79 Å². The van der Waals surface area contributed by atoms with Crippen molar-refractivity contribution >= 4 is 17.4 Å². The third-order valence-corrected chi connectivity index (χ3v) is 5.25. The molecule has 2 aliphatic rings. The summed E-state index contributed by atoms with van der Waals surface area (Å²) < 4.78 is 5.19. The molecule has 0 bridgehead atoms. The van der Waals surface area contributed by atoms with Crippen LogP contribution < -0.4 is 10.4 Å². The maximum atomic E-state index is 13.1. The quantitative estimate of drug-likeness (QED) is 0.469. The molecule has 1 N–H and O–H groups in total. The minimum Gasteiger partial charge on any atom is -0.868 e. The van der Waals surface area contributed by atoms with Crippen molar-refractivity contribution in [2.24, 2.45) is 5.41 Å². The molecule has 1 aromatic carbocycles. The van der Waals surface area contributed by atoms with Gasteiger partial charge in [0.25, 0.3) is 5.69 Å². The molecule has 1 unspecified atom stereocenters. The van der Waals surface area contributed by atoms with Crippen LogP contribution in [-0.2, 0) is 14.3 Å². The molecule has 8 heteroatoms. The third-order valence-electron chi connectivity index (χ3n) is 5.25. The van der Waals surface area contributed by atoms with Gasteiger partial charge >= 0.3 is 5.97 Å². The Labute approximate surface area is 168 Å². The summed E-state index contributed by atoms with van der Waals surface area (Å²) in [5, 5.41) is 26.3. The summed E-state index contributed by atoms with van der Waals surface area (Å²) in [6.45, 7) is 7.51. The minimum atomic E-state index is -0.826. The molecule has 0 aromatic heterocycles. The number of rotatable bonds is 4. The van der Waals surface area contributed by atoms with Crippen molar-refractivity contribution < 1.29 is 24.4 Å². The highest BCUT2D eigenvalue weighted by Crippen LogP contribution is 2.47. The van der Waals surface area contributed by atoms with Crippen molar-refractivity contribution in [3.8, 4) is 5.75 Å². The lowest BCUT2D eigenvalue weighted by Gasteiger charge is -2.39. The van der Waals surface area contributed by atoms with Gasteiger partial charge in [-0.05, 0) is 37.0 Å². The third kappa shape index (κ3) is 3.74. The van der Waals surface area contributed by atoms with Crippen LogP contribution in [0.2, 0.25) is 0 Å². The monoisotopic (exact) mass is 399 g/mol. The summed E-state index contributed by atoms with van der Waals surface area (Å²) >= 11 is 0. The maximum absolute atomic E-state index is 13.1. The second kappa shape index (κ2) is 7.35. The van der Waals surface area contributed by atoms with Gasteiger partial charge in [0, 0.05) is 35.4 Å². The first-order valence-electron chi connectivity index (χ1n) is 9.42. The van der Waals surface area contributed by atoms with E-state index in [2.05, 4.69) is 5.32 Å². The van der Waals surface area contributed by atoms with Crippen LogP contribution in [0.3, 0.4) is 0 Å². The predicted octanol–water partition coefficient (Wildman–Crippen LogP) is 2.84. The van der Waals surface area contributed by atoms with E-state index >= 15 is 0 Å². The molecule has 1 atom stereocenters. The van der Waals surface area contributed by atoms with E-state index in [1.807, 2.05) is 13.8 Å². The number of nitro groups is 1. The molecule has 0 spiro atoms. The van der Waals surface area contributed by atoms with Crippen LogP contribution in [-0.4, -0.2) is 23.3 Å². The Hall–Kier alpha value is -3.16. The van der Waals surface area contributed by atoms with E-state index in [1.54, 1.807) is 13.8 Å². The molecule has 3 rings (SSSR count). The average Bonchev–Trinajstić information content (AvgIpc) is 2.59. The predicted molar refractivity (Wildman–Crippen MR) is 103 cm³/mol. The van der Waals surface area contributed by atoms with E-state index in [1.165, 1.54) is 6.07 Å². The van der Waals surface area contributed by atoms with Crippen LogP contribution in [0.4, 0.5) is 5.69 Å². The van der Waals surface area contributed by atoms with Crippen LogP contribution >= 0.6 is 0 Å². The van der Waals surface area contributed by atoms with Crippen LogP contribution in [0, 0.1) is 15.5 Å². The summed E-state index contributed by atoms with van der Waals surface area (Å²) in [7, 11) is 0. The zero-order valence-corrected chi connectivity index (χ0v) is 16.8.